The van der Waals surface area contributed by atoms with Crippen LogP contribution in [0.2, 0.25) is 0 Å². The molecule has 2 aromatic rings. The van der Waals surface area contributed by atoms with Crippen LogP contribution in [0.5, 0.6) is 0 Å². The van der Waals surface area contributed by atoms with Crippen LogP contribution in [0.4, 0.5) is 0 Å². The molecule has 0 spiro atoms. The number of rotatable bonds is 9. The van der Waals surface area contributed by atoms with E-state index >= 15 is 0 Å². The van der Waals surface area contributed by atoms with Gasteiger partial charge in [-0.1, -0.05) is 48.5 Å². The molecule has 0 fully saturated rings. The maximum atomic E-state index is 11.1. The van der Waals surface area contributed by atoms with Crippen molar-refractivity contribution in [3.63, 3.8) is 0 Å². The number of ether oxygens (including phenoxy) is 1. The van der Waals surface area contributed by atoms with E-state index in [-0.39, 0.29) is 11.9 Å². The summed E-state index contributed by atoms with van der Waals surface area (Å²) in [5, 5.41) is 0. The summed E-state index contributed by atoms with van der Waals surface area (Å²) in [6.07, 6.45) is 1.02. The first-order valence-corrected chi connectivity index (χ1v) is 9.83. The first-order valence-electron chi connectivity index (χ1n) is 9.83. The molecule has 0 aromatic heterocycles. The van der Waals surface area contributed by atoms with Crippen molar-refractivity contribution < 1.29 is 9.53 Å². The van der Waals surface area contributed by atoms with Gasteiger partial charge in [0.1, 0.15) is 6.61 Å². The Morgan fingerprint density at radius 1 is 1.07 bits per heavy atom. The van der Waals surface area contributed by atoms with Crippen LogP contribution in [-0.2, 0) is 16.1 Å². The fourth-order valence-corrected chi connectivity index (χ4v) is 3.59. The van der Waals surface area contributed by atoms with Crippen LogP contribution in [0.1, 0.15) is 63.6 Å². The zero-order valence-electron chi connectivity index (χ0n) is 17.2. The first-order chi connectivity index (χ1) is 12.9. The van der Waals surface area contributed by atoms with Crippen molar-refractivity contribution in [1.82, 2.24) is 4.90 Å². The molecule has 0 saturated carbocycles. The van der Waals surface area contributed by atoms with Crippen molar-refractivity contribution in [3.05, 3.63) is 71.3 Å². The summed E-state index contributed by atoms with van der Waals surface area (Å²) in [5.41, 5.74) is 3.45. The highest BCUT2D eigenvalue weighted by atomic mass is 16.5. The minimum absolute atomic E-state index is 0.256. The molecule has 0 heterocycles. The zero-order chi connectivity index (χ0) is 19.8. The molecule has 0 aliphatic carbocycles. The Bertz CT molecular complexity index is 701. The average molecular weight is 367 g/mol. The molecule has 145 valence electrons. The van der Waals surface area contributed by atoms with Crippen LogP contribution in [0.3, 0.4) is 0 Å². The van der Waals surface area contributed by atoms with Gasteiger partial charge in [-0.05, 0) is 63.4 Å². The summed E-state index contributed by atoms with van der Waals surface area (Å²) in [5.74, 6) is 0.0111. The molecule has 27 heavy (non-hydrogen) atoms. The van der Waals surface area contributed by atoms with Gasteiger partial charge < -0.3 is 4.74 Å². The van der Waals surface area contributed by atoms with Crippen molar-refractivity contribution in [3.8, 4) is 0 Å². The highest BCUT2D eigenvalue weighted by Gasteiger charge is 2.19. The number of carbonyl (C=O) groups excluding carboxylic acids is 1. The van der Waals surface area contributed by atoms with E-state index in [1.54, 1.807) is 0 Å². The van der Waals surface area contributed by atoms with Crippen LogP contribution in [0.25, 0.3) is 0 Å². The monoisotopic (exact) mass is 366 g/mol. The number of benzene rings is 2. The Morgan fingerprint density at radius 3 is 2.33 bits per heavy atom. The van der Waals surface area contributed by atoms with E-state index in [2.05, 4.69) is 75.1 Å². The van der Waals surface area contributed by atoms with Crippen LogP contribution in [-0.4, -0.2) is 29.5 Å². The largest absolute Gasteiger partial charge is 0.461 e. The highest BCUT2D eigenvalue weighted by Crippen LogP contribution is 2.29. The smallest absolute Gasteiger partial charge is 0.302 e. The normalized spacial score (nSPS) is 12.6. The number of esters is 1. The molecule has 1 radical (unpaired) electrons. The van der Waals surface area contributed by atoms with Crippen LogP contribution in [0.15, 0.2) is 48.5 Å². The average Bonchev–Trinajstić information content (AvgIpc) is 2.64. The highest BCUT2D eigenvalue weighted by molar-refractivity contribution is 5.65. The summed E-state index contributed by atoms with van der Waals surface area (Å²) in [6.45, 7) is 11.8. The van der Waals surface area contributed by atoms with E-state index in [1.165, 1.54) is 12.5 Å². The Morgan fingerprint density at radius 2 is 1.74 bits per heavy atom. The third kappa shape index (κ3) is 6.51. The Kier molecular flexibility index (Phi) is 8.05. The molecule has 1 atom stereocenters. The summed E-state index contributed by atoms with van der Waals surface area (Å²) < 4.78 is 5.17. The lowest BCUT2D eigenvalue weighted by atomic mass is 9.87. The van der Waals surface area contributed by atoms with Gasteiger partial charge in [-0.25, -0.2) is 0 Å². The number of carbonyl (C=O) groups is 1. The van der Waals surface area contributed by atoms with E-state index in [0.717, 1.165) is 24.1 Å². The lowest BCUT2D eigenvalue weighted by molar-refractivity contribution is -0.142. The van der Waals surface area contributed by atoms with Crippen molar-refractivity contribution in [2.24, 2.45) is 0 Å². The van der Waals surface area contributed by atoms with Gasteiger partial charge in [-0.3, -0.25) is 9.69 Å². The molecule has 2 aromatic carbocycles. The number of hydrogen-bond donors (Lipinski definition) is 0. The third-order valence-electron chi connectivity index (χ3n) is 4.91. The van der Waals surface area contributed by atoms with Crippen molar-refractivity contribution >= 4 is 5.97 Å². The fourth-order valence-electron chi connectivity index (χ4n) is 3.59. The van der Waals surface area contributed by atoms with Gasteiger partial charge in [-0.2, -0.15) is 0 Å². The summed E-state index contributed by atoms with van der Waals surface area (Å²) in [4.78, 5) is 13.7. The van der Waals surface area contributed by atoms with Gasteiger partial charge in [0.25, 0.3) is 0 Å². The number of hydrogen-bond acceptors (Lipinski definition) is 3. The predicted molar refractivity (Wildman–Crippen MR) is 111 cm³/mol. The van der Waals surface area contributed by atoms with Gasteiger partial charge in [-0.15, -0.1) is 0 Å². The van der Waals surface area contributed by atoms with Gasteiger partial charge >= 0.3 is 5.97 Å². The molecule has 0 N–H and O–H groups in total. The van der Waals surface area contributed by atoms with E-state index in [9.17, 15) is 4.79 Å². The number of nitrogens with zero attached hydrogens (tertiary/aromatic N) is 1. The third-order valence-corrected chi connectivity index (χ3v) is 4.91. The Hall–Kier alpha value is -2.13. The lowest BCUT2D eigenvalue weighted by Crippen LogP contribution is -2.38. The van der Waals surface area contributed by atoms with Gasteiger partial charge in [0.2, 0.25) is 0 Å². The molecule has 3 nitrogen and oxygen atoms in total. The summed E-state index contributed by atoms with van der Waals surface area (Å²) >= 11 is 0. The second-order valence-corrected chi connectivity index (χ2v) is 7.61. The van der Waals surface area contributed by atoms with Crippen molar-refractivity contribution in [1.29, 1.82) is 0 Å². The quantitative estimate of drug-likeness (QED) is 0.572. The maximum absolute atomic E-state index is 11.1. The standard InChI is InChI=1S/C24H32NO2/c1-18(2)25(19(3)4)15-14-24(22-11-7-6-8-12-22)23-13-9-10-21(16-23)17-27-20(5)26/h6-12,16,18-19,24H,14-15,17H2,1-5H3/t24-/m1/s1. The molecule has 0 bridgehead atoms. The molecular formula is C24H32NO2. The fraction of sp³-hybridized carbons (Fsp3) is 0.458. The molecule has 0 aliphatic rings. The summed E-state index contributed by atoms with van der Waals surface area (Å²) in [6, 6.07) is 21.1. The zero-order valence-corrected chi connectivity index (χ0v) is 17.2. The van der Waals surface area contributed by atoms with E-state index in [0.29, 0.717) is 18.7 Å². The molecule has 0 amide bonds. The predicted octanol–water partition coefficient (Wildman–Crippen LogP) is 5.19. The molecule has 0 unspecified atom stereocenters. The summed E-state index contributed by atoms with van der Waals surface area (Å²) in [7, 11) is 0. The molecular weight excluding hydrogens is 334 g/mol. The van der Waals surface area contributed by atoms with Gasteiger partial charge in [0.15, 0.2) is 0 Å². The van der Waals surface area contributed by atoms with Gasteiger partial charge in [0, 0.05) is 24.9 Å². The van der Waals surface area contributed by atoms with Crippen LogP contribution >= 0.6 is 0 Å². The first kappa shape index (κ1) is 21.2. The second-order valence-electron chi connectivity index (χ2n) is 7.61. The van der Waals surface area contributed by atoms with Crippen molar-refractivity contribution in [2.75, 3.05) is 6.54 Å². The topological polar surface area (TPSA) is 29.5 Å². The lowest BCUT2D eigenvalue weighted by Gasteiger charge is -2.32. The Balaban J connectivity index is 2.25. The minimum Gasteiger partial charge on any atom is -0.461 e. The maximum Gasteiger partial charge on any atom is 0.302 e. The van der Waals surface area contributed by atoms with E-state index in [4.69, 9.17) is 4.74 Å². The Labute approximate surface area is 164 Å². The molecule has 0 saturated heterocycles. The SMILES string of the molecule is CC(=O)OCc1cc[c]c([C@H](CCN(C(C)C)C(C)C)c2ccccc2)c1. The van der Waals surface area contributed by atoms with Crippen LogP contribution in [0, 0.1) is 6.07 Å². The van der Waals surface area contributed by atoms with Crippen LogP contribution < -0.4 is 0 Å². The second kappa shape index (κ2) is 10.3. The van der Waals surface area contributed by atoms with E-state index < -0.39 is 0 Å². The van der Waals surface area contributed by atoms with Crippen molar-refractivity contribution in [2.45, 2.75) is 65.6 Å². The molecule has 2 rings (SSSR count). The molecule has 3 heteroatoms. The van der Waals surface area contributed by atoms with Gasteiger partial charge in [0.05, 0.1) is 0 Å². The van der Waals surface area contributed by atoms with E-state index in [1.807, 2.05) is 12.1 Å². The molecule has 0 aliphatic heterocycles. The minimum atomic E-state index is -0.256.